The van der Waals surface area contributed by atoms with Gasteiger partial charge in [-0.05, 0) is 85.2 Å². The third kappa shape index (κ3) is 3.57. The Morgan fingerprint density at radius 3 is 2.56 bits per heavy atom. The number of carbonyl (C=O) groups is 1. The zero-order chi connectivity index (χ0) is 22.3. The third-order valence-corrected chi connectivity index (χ3v) is 9.14. The van der Waals surface area contributed by atoms with Crippen LogP contribution in [0.5, 0.6) is 5.75 Å². The topological polar surface area (TPSA) is 75.7 Å². The van der Waals surface area contributed by atoms with E-state index in [9.17, 15) is 13.2 Å². The Bertz CT molecular complexity index is 1250. The number of aryl methyl sites for hydroxylation is 1. The molecule has 0 bridgehead atoms. The first-order valence-electron chi connectivity index (χ1n) is 10.6. The number of benzene rings is 2. The van der Waals surface area contributed by atoms with Crippen LogP contribution in [-0.4, -0.2) is 28.0 Å². The molecule has 166 valence electrons. The van der Waals surface area contributed by atoms with Gasteiger partial charge in [-0.15, -0.1) is 11.3 Å². The lowest BCUT2D eigenvalue weighted by atomic mass is 10.0. The fourth-order valence-corrected chi connectivity index (χ4v) is 6.80. The minimum atomic E-state index is -3.69. The van der Waals surface area contributed by atoms with Gasteiger partial charge in [-0.3, -0.25) is 9.10 Å². The molecule has 6 nitrogen and oxygen atoms in total. The minimum Gasteiger partial charge on any atom is -0.497 e. The van der Waals surface area contributed by atoms with Crippen molar-refractivity contribution in [2.75, 3.05) is 23.3 Å². The molecule has 2 aliphatic rings. The van der Waals surface area contributed by atoms with E-state index in [0.717, 1.165) is 36.1 Å². The van der Waals surface area contributed by atoms with Gasteiger partial charge in [-0.1, -0.05) is 6.07 Å². The quantitative estimate of drug-likeness (QED) is 0.575. The van der Waals surface area contributed by atoms with Crippen molar-refractivity contribution in [2.45, 2.75) is 36.0 Å². The predicted octanol–water partition coefficient (Wildman–Crippen LogP) is 4.57. The molecule has 0 radical (unpaired) electrons. The Labute approximate surface area is 191 Å². The average Bonchev–Trinajstić information content (AvgIpc) is 3.44. The molecule has 0 unspecified atom stereocenters. The number of nitrogens with one attached hydrogen (secondary N) is 1. The van der Waals surface area contributed by atoms with Crippen molar-refractivity contribution in [2.24, 2.45) is 0 Å². The lowest BCUT2D eigenvalue weighted by Crippen LogP contribution is -2.35. The Morgan fingerprint density at radius 2 is 1.91 bits per heavy atom. The van der Waals surface area contributed by atoms with E-state index >= 15 is 0 Å². The van der Waals surface area contributed by atoms with Crippen LogP contribution < -0.4 is 14.4 Å². The number of sulfonamides is 1. The van der Waals surface area contributed by atoms with Crippen LogP contribution >= 0.6 is 11.3 Å². The molecule has 1 saturated carbocycles. The van der Waals surface area contributed by atoms with Gasteiger partial charge in [-0.25, -0.2) is 8.42 Å². The van der Waals surface area contributed by atoms with Crippen molar-refractivity contribution in [3.05, 3.63) is 70.4 Å². The van der Waals surface area contributed by atoms with Crippen LogP contribution in [0.1, 0.15) is 29.7 Å². The molecule has 32 heavy (non-hydrogen) atoms. The van der Waals surface area contributed by atoms with Gasteiger partial charge in [0.1, 0.15) is 5.75 Å². The van der Waals surface area contributed by atoms with Gasteiger partial charge in [0.25, 0.3) is 10.0 Å². The molecule has 1 fully saturated rings. The summed E-state index contributed by atoms with van der Waals surface area (Å²) in [7, 11) is -2.14. The molecular formula is C24H24N2O4S2. The normalized spacial score (nSPS) is 16.8. The monoisotopic (exact) mass is 468 g/mol. The second-order valence-corrected chi connectivity index (χ2v) is 11.0. The molecular weight excluding hydrogens is 444 g/mol. The van der Waals surface area contributed by atoms with E-state index in [-0.39, 0.29) is 10.8 Å². The molecule has 2 heterocycles. The molecule has 2 aromatic carbocycles. The Morgan fingerprint density at radius 1 is 1.12 bits per heavy atom. The van der Waals surface area contributed by atoms with Crippen LogP contribution in [0.4, 0.5) is 11.4 Å². The van der Waals surface area contributed by atoms with Crippen molar-refractivity contribution in [3.8, 4) is 5.75 Å². The predicted molar refractivity (Wildman–Crippen MR) is 126 cm³/mol. The summed E-state index contributed by atoms with van der Waals surface area (Å²) in [6, 6.07) is 15.9. The molecule has 1 aromatic heterocycles. The third-order valence-electron chi connectivity index (χ3n) is 6.24. The highest BCUT2D eigenvalue weighted by molar-refractivity contribution is 7.92. The number of hydrogen-bond acceptors (Lipinski definition) is 5. The van der Waals surface area contributed by atoms with E-state index < -0.39 is 15.4 Å². The SMILES string of the molecule is COc1ccc(S(=O)(=O)N2CCCc3cc(NC(=O)C4(c5cccs5)CC4)ccc32)cc1. The zero-order valence-electron chi connectivity index (χ0n) is 17.7. The van der Waals surface area contributed by atoms with Crippen molar-refractivity contribution >= 4 is 38.6 Å². The first-order chi connectivity index (χ1) is 15.4. The highest BCUT2D eigenvalue weighted by atomic mass is 32.2. The standard InChI is InChI=1S/C24H24N2O4S2/c1-30-19-7-9-20(10-8-19)32(28,29)26-14-2-4-17-16-18(6-11-21(17)26)25-23(27)24(12-13-24)22-5-3-15-31-22/h3,5-11,15-16H,2,4,12-14H2,1H3,(H,25,27). The minimum absolute atomic E-state index is 0.0124. The lowest BCUT2D eigenvalue weighted by molar-refractivity contribution is -0.118. The average molecular weight is 469 g/mol. The fraction of sp³-hybridized carbons (Fsp3) is 0.292. The molecule has 1 amide bonds. The number of nitrogens with zero attached hydrogens (tertiary/aromatic N) is 1. The summed E-state index contributed by atoms with van der Waals surface area (Å²) < 4.78 is 33.2. The molecule has 0 saturated heterocycles. The molecule has 1 aliphatic heterocycles. The maximum absolute atomic E-state index is 13.3. The molecule has 0 spiro atoms. The number of amides is 1. The smallest absolute Gasteiger partial charge is 0.264 e. The van der Waals surface area contributed by atoms with E-state index in [1.54, 1.807) is 54.8 Å². The number of methoxy groups -OCH3 is 1. The molecule has 8 heteroatoms. The Kier molecular flexibility index (Phi) is 5.22. The highest BCUT2D eigenvalue weighted by Gasteiger charge is 2.52. The second-order valence-electron chi connectivity index (χ2n) is 8.21. The van der Waals surface area contributed by atoms with Crippen molar-refractivity contribution in [1.29, 1.82) is 0 Å². The highest BCUT2D eigenvalue weighted by Crippen LogP contribution is 2.50. The summed E-state index contributed by atoms with van der Waals surface area (Å²) in [5, 5.41) is 5.07. The van der Waals surface area contributed by atoms with E-state index in [2.05, 4.69) is 5.32 Å². The number of anilines is 2. The summed E-state index contributed by atoms with van der Waals surface area (Å²) in [6.07, 6.45) is 3.21. The number of hydrogen-bond donors (Lipinski definition) is 1. The second kappa shape index (κ2) is 7.94. The zero-order valence-corrected chi connectivity index (χ0v) is 19.3. The summed E-state index contributed by atoms with van der Waals surface area (Å²) in [4.78, 5) is 14.3. The van der Waals surface area contributed by atoms with Gasteiger partial charge in [-0.2, -0.15) is 0 Å². The van der Waals surface area contributed by atoms with Crippen LogP contribution in [0, 0.1) is 0 Å². The van der Waals surface area contributed by atoms with Gasteiger partial charge in [0.05, 0.1) is 23.1 Å². The van der Waals surface area contributed by atoms with Gasteiger partial charge < -0.3 is 10.1 Å². The van der Waals surface area contributed by atoms with E-state index in [1.807, 2.05) is 23.6 Å². The van der Waals surface area contributed by atoms with Gasteiger partial charge >= 0.3 is 0 Å². The summed E-state index contributed by atoms with van der Waals surface area (Å²) in [5.74, 6) is 0.623. The molecule has 3 aromatic rings. The van der Waals surface area contributed by atoms with Crippen LogP contribution in [0.2, 0.25) is 0 Å². The molecule has 1 aliphatic carbocycles. The maximum atomic E-state index is 13.3. The first-order valence-corrected chi connectivity index (χ1v) is 12.9. The van der Waals surface area contributed by atoms with E-state index in [1.165, 1.54) is 4.31 Å². The van der Waals surface area contributed by atoms with Crippen molar-refractivity contribution in [1.82, 2.24) is 0 Å². The van der Waals surface area contributed by atoms with Gasteiger partial charge in [0.15, 0.2) is 0 Å². The molecule has 0 atom stereocenters. The Hall–Kier alpha value is -2.84. The molecule has 5 rings (SSSR count). The van der Waals surface area contributed by atoms with Crippen LogP contribution in [0.25, 0.3) is 0 Å². The lowest BCUT2D eigenvalue weighted by Gasteiger charge is -2.31. The maximum Gasteiger partial charge on any atom is 0.264 e. The summed E-state index contributed by atoms with van der Waals surface area (Å²) >= 11 is 1.62. The first kappa shape index (κ1) is 21.0. The number of thiophene rings is 1. The number of ether oxygens (including phenoxy) is 1. The van der Waals surface area contributed by atoms with Crippen molar-refractivity contribution in [3.63, 3.8) is 0 Å². The van der Waals surface area contributed by atoms with Gasteiger partial charge in [0, 0.05) is 17.1 Å². The van der Waals surface area contributed by atoms with Crippen LogP contribution in [0.15, 0.2) is 64.9 Å². The number of fused-ring (bicyclic) bond motifs is 1. The van der Waals surface area contributed by atoms with Crippen molar-refractivity contribution < 1.29 is 17.9 Å². The van der Waals surface area contributed by atoms with Gasteiger partial charge in [0.2, 0.25) is 5.91 Å². The van der Waals surface area contributed by atoms with E-state index in [4.69, 9.17) is 4.74 Å². The number of carbonyl (C=O) groups excluding carboxylic acids is 1. The Balaban J connectivity index is 1.40. The molecule has 1 N–H and O–H groups in total. The number of rotatable bonds is 6. The van der Waals surface area contributed by atoms with E-state index in [0.29, 0.717) is 23.7 Å². The fourth-order valence-electron chi connectivity index (χ4n) is 4.28. The summed E-state index contributed by atoms with van der Waals surface area (Å²) in [5.41, 5.74) is 1.89. The van der Waals surface area contributed by atoms with Crippen LogP contribution in [-0.2, 0) is 26.7 Å². The van der Waals surface area contributed by atoms with Crippen LogP contribution in [0.3, 0.4) is 0 Å². The largest absolute Gasteiger partial charge is 0.497 e. The summed E-state index contributed by atoms with van der Waals surface area (Å²) in [6.45, 7) is 0.425.